The Hall–Kier alpha value is -2.13. The molecular formula is C17H17N3. The smallest absolute Gasteiger partial charge is 0.0684 e. The predicted octanol–water partition coefficient (Wildman–Crippen LogP) is 3.57. The second kappa shape index (κ2) is 4.18. The average molecular weight is 263 g/mol. The number of likely N-dealkylation sites (N-methyl/N-ethyl adjacent to an activating group) is 1. The van der Waals surface area contributed by atoms with Crippen LogP contribution in [-0.2, 0) is 0 Å². The topological polar surface area (TPSA) is 31.9 Å². The van der Waals surface area contributed by atoms with Crippen molar-refractivity contribution in [2.75, 3.05) is 13.6 Å². The molecule has 100 valence electrons. The van der Waals surface area contributed by atoms with Crippen LogP contribution < -0.4 is 0 Å². The lowest BCUT2D eigenvalue weighted by Gasteiger charge is -2.20. The van der Waals surface area contributed by atoms with Crippen molar-refractivity contribution in [1.29, 1.82) is 0 Å². The van der Waals surface area contributed by atoms with Crippen LogP contribution >= 0.6 is 0 Å². The van der Waals surface area contributed by atoms with Gasteiger partial charge in [0.25, 0.3) is 0 Å². The molecule has 0 fully saturated rings. The molecule has 0 unspecified atom stereocenters. The summed E-state index contributed by atoms with van der Waals surface area (Å²) in [6.07, 6.45) is 6.54. The highest BCUT2D eigenvalue weighted by Gasteiger charge is 2.22. The molecule has 1 aromatic carbocycles. The number of aromatic amines is 1. The van der Waals surface area contributed by atoms with E-state index in [9.17, 15) is 0 Å². The van der Waals surface area contributed by atoms with Crippen molar-refractivity contribution in [2.24, 2.45) is 0 Å². The fraction of sp³-hybridized carbons (Fsp3) is 0.235. The van der Waals surface area contributed by atoms with E-state index in [0.717, 1.165) is 17.8 Å². The van der Waals surface area contributed by atoms with Crippen LogP contribution in [-0.4, -0.2) is 28.5 Å². The van der Waals surface area contributed by atoms with Crippen molar-refractivity contribution in [1.82, 2.24) is 14.9 Å². The molecule has 0 aliphatic carbocycles. The van der Waals surface area contributed by atoms with E-state index in [-0.39, 0.29) is 0 Å². The molecule has 1 aliphatic rings. The maximum atomic E-state index is 4.59. The van der Waals surface area contributed by atoms with Crippen molar-refractivity contribution in [2.45, 2.75) is 13.0 Å². The van der Waals surface area contributed by atoms with Crippen LogP contribution in [0.25, 0.3) is 21.8 Å². The van der Waals surface area contributed by atoms with Gasteiger partial charge < -0.3 is 4.98 Å². The van der Waals surface area contributed by atoms with Crippen LogP contribution in [0, 0.1) is 6.92 Å². The van der Waals surface area contributed by atoms with Gasteiger partial charge in [-0.05, 0) is 20.0 Å². The Bertz CT molecular complexity index is 829. The van der Waals surface area contributed by atoms with Gasteiger partial charge in [0.1, 0.15) is 0 Å². The number of rotatable bonds is 1. The highest BCUT2D eigenvalue weighted by atomic mass is 15.1. The lowest BCUT2D eigenvalue weighted by atomic mass is 10.0. The summed E-state index contributed by atoms with van der Waals surface area (Å²) < 4.78 is 0. The third-order valence-corrected chi connectivity index (χ3v) is 4.26. The van der Waals surface area contributed by atoms with E-state index >= 15 is 0 Å². The Labute approximate surface area is 117 Å². The molecule has 1 N–H and O–H groups in total. The molecule has 20 heavy (non-hydrogen) atoms. The minimum Gasteiger partial charge on any atom is -0.353 e. The Morgan fingerprint density at radius 1 is 1.30 bits per heavy atom. The lowest BCUT2D eigenvalue weighted by molar-refractivity contribution is 0.341. The van der Waals surface area contributed by atoms with Crippen LogP contribution in [0.3, 0.4) is 0 Å². The number of para-hydroxylation sites is 1. The normalized spacial score (nSPS) is 19.4. The maximum Gasteiger partial charge on any atom is 0.0684 e. The van der Waals surface area contributed by atoms with Gasteiger partial charge in [0, 0.05) is 34.6 Å². The fourth-order valence-corrected chi connectivity index (χ4v) is 3.19. The summed E-state index contributed by atoms with van der Waals surface area (Å²) in [4.78, 5) is 10.5. The van der Waals surface area contributed by atoms with Crippen molar-refractivity contribution < 1.29 is 0 Å². The molecule has 4 rings (SSSR count). The zero-order valence-electron chi connectivity index (χ0n) is 11.7. The van der Waals surface area contributed by atoms with Crippen LogP contribution in [0.5, 0.6) is 0 Å². The summed E-state index contributed by atoms with van der Waals surface area (Å²) in [5.74, 6) is 0. The Balaban J connectivity index is 2.11. The molecular weight excluding hydrogens is 246 g/mol. The Kier molecular flexibility index (Phi) is 2.44. The SMILES string of the molecule is Cc1ncc([C@@H]2C=CCN2C)c2c1[nH]c1ccccc12. The number of hydrogen-bond donors (Lipinski definition) is 1. The lowest BCUT2D eigenvalue weighted by Crippen LogP contribution is -2.18. The number of H-pyrrole nitrogens is 1. The zero-order valence-corrected chi connectivity index (χ0v) is 11.7. The molecule has 3 aromatic rings. The van der Waals surface area contributed by atoms with Crippen LogP contribution in [0.15, 0.2) is 42.6 Å². The van der Waals surface area contributed by atoms with Gasteiger partial charge in [0.2, 0.25) is 0 Å². The van der Waals surface area contributed by atoms with Crippen LogP contribution in [0.2, 0.25) is 0 Å². The van der Waals surface area contributed by atoms with Gasteiger partial charge in [0.15, 0.2) is 0 Å². The molecule has 0 radical (unpaired) electrons. The van der Waals surface area contributed by atoms with Gasteiger partial charge in [-0.1, -0.05) is 30.4 Å². The molecule has 0 bridgehead atoms. The number of pyridine rings is 1. The molecule has 1 atom stereocenters. The van der Waals surface area contributed by atoms with Crippen LogP contribution in [0.4, 0.5) is 0 Å². The number of aromatic nitrogens is 2. The Morgan fingerprint density at radius 3 is 2.95 bits per heavy atom. The number of hydrogen-bond acceptors (Lipinski definition) is 2. The molecule has 3 heterocycles. The van der Waals surface area contributed by atoms with Crippen molar-refractivity contribution in [3.05, 3.63) is 53.9 Å². The minimum absolute atomic E-state index is 0.324. The summed E-state index contributed by atoms with van der Waals surface area (Å²) in [5.41, 5.74) is 4.70. The van der Waals surface area contributed by atoms with Gasteiger partial charge in [-0.25, -0.2) is 0 Å². The second-order valence-corrected chi connectivity index (χ2v) is 5.53. The van der Waals surface area contributed by atoms with E-state index in [1.54, 1.807) is 0 Å². The molecule has 3 nitrogen and oxygen atoms in total. The van der Waals surface area contributed by atoms with Gasteiger partial charge in [-0.2, -0.15) is 0 Å². The summed E-state index contributed by atoms with van der Waals surface area (Å²) in [6.45, 7) is 3.07. The van der Waals surface area contributed by atoms with Gasteiger partial charge in [-0.3, -0.25) is 9.88 Å². The van der Waals surface area contributed by atoms with Crippen molar-refractivity contribution in [3.63, 3.8) is 0 Å². The first-order valence-corrected chi connectivity index (χ1v) is 6.98. The van der Waals surface area contributed by atoms with E-state index in [2.05, 4.69) is 65.3 Å². The summed E-state index contributed by atoms with van der Waals surface area (Å²) in [5, 5.41) is 2.60. The van der Waals surface area contributed by atoms with Crippen molar-refractivity contribution >= 4 is 21.8 Å². The maximum absolute atomic E-state index is 4.59. The number of nitrogens with one attached hydrogen (secondary N) is 1. The highest BCUT2D eigenvalue weighted by molar-refractivity contribution is 6.09. The zero-order chi connectivity index (χ0) is 13.7. The first-order chi connectivity index (χ1) is 9.75. The largest absolute Gasteiger partial charge is 0.353 e. The number of fused-ring (bicyclic) bond motifs is 3. The van der Waals surface area contributed by atoms with Gasteiger partial charge >= 0.3 is 0 Å². The highest BCUT2D eigenvalue weighted by Crippen LogP contribution is 2.35. The van der Waals surface area contributed by atoms with Gasteiger partial charge in [0.05, 0.1) is 17.3 Å². The first-order valence-electron chi connectivity index (χ1n) is 6.98. The van der Waals surface area contributed by atoms with E-state index in [0.29, 0.717) is 6.04 Å². The second-order valence-electron chi connectivity index (χ2n) is 5.53. The molecule has 0 saturated carbocycles. The average Bonchev–Trinajstić information content (AvgIpc) is 3.04. The third kappa shape index (κ3) is 1.53. The van der Waals surface area contributed by atoms with Crippen LogP contribution in [0.1, 0.15) is 17.3 Å². The van der Waals surface area contributed by atoms with E-state index in [1.165, 1.54) is 21.9 Å². The molecule has 3 heteroatoms. The number of aryl methyl sites for hydroxylation is 1. The molecule has 0 saturated heterocycles. The summed E-state index contributed by atoms with van der Waals surface area (Å²) >= 11 is 0. The predicted molar refractivity (Wildman–Crippen MR) is 82.8 cm³/mol. The summed E-state index contributed by atoms with van der Waals surface area (Å²) in [6, 6.07) is 8.82. The quantitative estimate of drug-likeness (QED) is 0.681. The van der Waals surface area contributed by atoms with E-state index < -0.39 is 0 Å². The molecule has 2 aromatic heterocycles. The first kappa shape index (κ1) is 11.7. The van der Waals surface area contributed by atoms with E-state index in [1.807, 2.05) is 6.20 Å². The Morgan fingerprint density at radius 2 is 2.15 bits per heavy atom. The minimum atomic E-state index is 0.324. The molecule has 0 spiro atoms. The molecule has 0 amide bonds. The third-order valence-electron chi connectivity index (χ3n) is 4.26. The van der Waals surface area contributed by atoms with Crippen molar-refractivity contribution in [3.8, 4) is 0 Å². The summed E-state index contributed by atoms with van der Waals surface area (Å²) in [7, 11) is 2.16. The molecule has 1 aliphatic heterocycles. The number of benzene rings is 1. The fourth-order valence-electron chi connectivity index (χ4n) is 3.19. The standard InChI is InChI=1S/C17H17N3/c1-11-17-16(12-6-3-4-7-14(12)19-17)13(10-18-11)15-8-5-9-20(15)2/h3-8,10,15,19H,9H2,1-2H3/t15-/m0/s1. The van der Waals surface area contributed by atoms with Gasteiger partial charge in [-0.15, -0.1) is 0 Å². The monoisotopic (exact) mass is 263 g/mol. The number of nitrogens with zero attached hydrogens (tertiary/aromatic N) is 2. The van der Waals surface area contributed by atoms with E-state index in [4.69, 9.17) is 0 Å².